The van der Waals surface area contributed by atoms with E-state index in [1.807, 2.05) is 0 Å². The van der Waals surface area contributed by atoms with Gasteiger partial charge in [-0.05, 0) is 37.5 Å². The summed E-state index contributed by atoms with van der Waals surface area (Å²) in [6.45, 7) is 7.34. The normalized spacial score (nSPS) is 21.5. The van der Waals surface area contributed by atoms with Gasteiger partial charge in [0.2, 0.25) is 0 Å². The molecule has 1 N–H and O–H groups in total. The second-order valence-corrected chi connectivity index (χ2v) is 4.36. The molecule has 0 saturated carbocycles. The van der Waals surface area contributed by atoms with E-state index in [1.165, 1.54) is 18.4 Å². The van der Waals surface area contributed by atoms with Crippen LogP contribution in [0.2, 0.25) is 0 Å². The molecule has 1 aliphatic rings. The van der Waals surface area contributed by atoms with Crippen molar-refractivity contribution in [2.24, 2.45) is 0 Å². The van der Waals surface area contributed by atoms with Gasteiger partial charge in [0, 0.05) is 12.5 Å². The Bertz CT molecular complexity index is 255. The fraction of sp³-hybridized carbons (Fsp3) is 0.769. The van der Waals surface area contributed by atoms with Crippen LogP contribution in [0.5, 0.6) is 0 Å². The fourth-order valence-corrected chi connectivity index (χ4v) is 2.25. The van der Waals surface area contributed by atoms with Gasteiger partial charge in [0.25, 0.3) is 0 Å². The molecule has 0 heterocycles. The number of carbonyl (C=O) groups excluding carboxylic acids is 1. The molecule has 0 saturated heterocycles. The molecule has 0 amide bonds. The van der Waals surface area contributed by atoms with E-state index < -0.39 is 0 Å². The van der Waals surface area contributed by atoms with E-state index in [1.54, 1.807) is 0 Å². The molecule has 1 atom stereocenters. The fourth-order valence-electron chi connectivity index (χ4n) is 2.25. The lowest BCUT2D eigenvalue weighted by Crippen LogP contribution is -2.28. The molecule has 1 aliphatic carbocycles. The van der Waals surface area contributed by atoms with Crippen molar-refractivity contribution in [2.75, 3.05) is 6.54 Å². The molecule has 15 heavy (non-hydrogen) atoms. The van der Waals surface area contributed by atoms with E-state index in [4.69, 9.17) is 0 Å². The zero-order valence-corrected chi connectivity index (χ0v) is 10.2. The number of nitrogens with one attached hydrogen (secondary N) is 1. The summed E-state index contributed by atoms with van der Waals surface area (Å²) in [5, 5.41) is 3.37. The molecule has 2 heteroatoms. The Morgan fingerprint density at radius 1 is 1.33 bits per heavy atom. The van der Waals surface area contributed by atoms with E-state index in [-0.39, 0.29) is 0 Å². The van der Waals surface area contributed by atoms with Crippen molar-refractivity contribution in [1.29, 1.82) is 0 Å². The third-order valence-corrected chi connectivity index (χ3v) is 3.21. The van der Waals surface area contributed by atoms with Crippen LogP contribution in [0.4, 0.5) is 0 Å². The van der Waals surface area contributed by atoms with Crippen LogP contribution in [0.25, 0.3) is 0 Å². The molecule has 0 aromatic carbocycles. The molecular weight excluding hydrogens is 186 g/mol. The first-order valence-corrected chi connectivity index (χ1v) is 6.16. The van der Waals surface area contributed by atoms with Crippen molar-refractivity contribution < 1.29 is 4.79 Å². The van der Waals surface area contributed by atoms with Gasteiger partial charge in [-0.25, -0.2) is 0 Å². The predicted octanol–water partition coefficient (Wildman–Crippen LogP) is 2.83. The van der Waals surface area contributed by atoms with Crippen molar-refractivity contribution >= 4 is 5.78 Å². The van der Waals surface area contributed by atoms with E-state index in [0.29, 0.717) is 18.2 Å². The predicted molar refractivity (Wildman–Crippen MR) is 63.9 cm³/mol. The van der Waals surface area contributed by atoms with E-state index in [0.717, 1.165) is 25.0 Å². The number of hydrogen-bond acceptors (Lipinski definition) is 2. The molecular formula is C13H23NO. The quantitative estimate of drug-likeness (QED) is 0.682. The molecule has 0 spiro atoms. The Morgan fingerprint density at radius 3 is 2.67 bits per heavy atom. The monoisotopic (exact) mass is 209 g/mol. The maximum Gasteiger partial charge on any atom is 0.160 e. The van der Waals surface area contributed by atoms with Gasteiger partial charge in [-0.3, -0.25) is 4.79 Å². The van der Waals surface area contributed by atoms with Crippen molar-refractivity contribution in [2.45, 2.75) is 58.9 Å². The van der Waals surface area contributed by atoms with Crippen LogP contribution >= 0.6 is 0 Å². The zero-order chi connectivity index (χ0) is 11.3. The minimum atomic E-state index is 0.319. The van der Waals surface area contributed by atoms with Gasteiger partial charge in [0.05, 0.1) is 0 Å². The summed E-state index contributed by atoms with van der Waals surface area (Å²) < 4.78 is 0. The summed E-state index contributed by atoms with van der Waals surface area (Å²) >= 11 is 0. The number of ketones is 1. The maximum absolute atomic E-state index is 11.8. The van der Waals surface area contributed by atoms with E-state index in [9.17, 15) is 4.79 Å². The Morgan fingerprint density at radius 2 is 2.07 bits per heavy atom. The number of rotatable bonds is 6. The van der Waals surface area contributed by atoms with E-state index in [2.05, 4.69) is 26.1 Å². The number of unbranched alkanes of at least 4 members (excludes halogenated alkanes) is 2. The third kappa shape index (κ3) is 3.16. The number of Topliss-reactive ketones (excluding diaryl/α,β-unsaturated/α-hetero) is 1. The molecule has 0 aromatic rings. The third-order valence-electron chi connectivity index (χ3n) is 3.21. The van der Waals surface area contributed by atoms with Gasteiger partial charge < -0.3 is 5.32 Å². The van der Waals surface area contributed by atoms with Crippen LogP contribution in [-0.2, 0) is 4.79 Å². The lowest BCUT2D eigenvalue weighted by atomic mass is 10.0. The first-order chi connectivity index (χ1) is 7.20. The van der Waals surface area contributed by atoms with Gasteiger partial charge in [0.15, 0.2) is 5.78 Å². The highest BCUT2D eigenvalue weighted by Crippen LogP contribution is 2.27. The minimum Gasteiger partial charge on any atom is -0.310 e. The largest absolute Gasteiger partial charge is 0.310 e. The van der Waals surface area contributed by atoms with Gasteiger partial charge in [-0.15, -0.1) is 0 Å². The zero-order valence-electron chi connectivity index (χ0n) is 10.2. The van der Waals surface area contributed by atoms with Crippen molar-refractivity contribution in [1.82, 2.24) is 5.32 Å². The molecule has 0 aromatic heterocycles. The molecule has 0 aliphatic heterocycles. The Hall–Kier alpha value is -0.630. The summed E-state index contributed by atoms with van der Waals surface area (Å²) in [6.07, 6.45) is 5.28. The second kappa shape index (κ2) is 6.06. The van der Waals surface area contributed by atoms with Crippen LogP contribution in [0.3, 0.4) is 0 Å². The Kier molecular flexibility index (Phi) is 5.03. The average Bonchev–Trinajstić information content (AvgIpc) is 2.46. The highest BCUT2D eigenvalue weighted by molar-refractivity contribution is 5.99. The Balaban J connectivity index is 2.55. The average molecular weight is 209 g/mol. The van der Waals surface area contributed by atoms with Crippen LogP contribution in [0.15, 0.2) is 11.1 Å². The minimum absolute atomic E-state index is 0.319. The molecule has 0 bridgehead atoms. The number of hydrogen-bond donors (Lipinski definition) is 1. The molecule has 1 unspecified atom stereocenters. The summed E-state index contributed by atoms with van der Waals surface area (Å²) in [6, 6.07) is 0.319. The summed E-state index contributed by atoms with van der Waals surface area (Å²) in [4.78, 5) is 11.8. The number of carbonyl (C=O) groups is 1. The SMILES string of the molecule is CCCCCC1=C(C)C(NCC)CC1=O. The molecule has 2 nitrogen and oxygen atoms in total. The number of likely N-dealkylation sites (N-methyl/N-ethyl adjacent to an activating group) is 1. The van der Waals surface area contributed by atoms with Crippen LogP contribution < -0.4 is 5.32 Å². The highest BCUT2D eigenvalue weighted by atomic mass is 16.1. The molecule has 0 radical (unpaired) electrons. The van der Waals surface area contributed by atoms with Crippen LogP contribution in [0, 0.1) is 0 Å². The van der Waals surface area contributed by atoms with Gasteiger partial charge in [-0.2, -0.15) is 0 Å². The topological polar surface area (TPSA) is 29.1 Å². The van der Waals surface area contributed by atoms with E-state index >= 15 is 0 Å². The summed E-state index contributed by atoms with van der Waals surface area (Å²) in [5.74, 6) is 0.370. The first-order valence-electron chi connectivity index (χ1n) is 6.16. The summed E-state index contributed by atoms with van der Waals surface area (Å²) in [5.41, 5.74) is 2.40. The Labute approximate surface area is 93.1 Å². The maximum atomic E-state index is 11.8. The van der Waals surface area contributed by atoms with Crippen molar-refractivity contribution in [3.63, 3.8) is 0 Å². The van der Waals surface area contributed by atoms with Gasteiger partial charge >= 0.3 is 0 Å². The standard InChI is InChI=1S/C13H23NO/c1-4-6-7-8-11-10(3)12(14-5-2)9-13(11)15/h12,14H,4-9H2,1-3H3. The smallest absolute Gasteiger partial charge is 0.160 e. The van der Waals surface area contributed by atoms with Crippen LogP contribution in [-0.4, -0.2) is 18.4 Å². The molecule has 1 rings (SSSR count). The first kappa shape index (κ1) is 12.4. The second-order valence-electron chi connectivity index (χ2n) is 4.36. The van der Waals surface area contributed by atoms with Crippen LogP contribution in [0.1, 0.15) is 52.9 Å². The molecule has 86 valence electrons. The number of allylic oxidation sites excluding steroid dienone is 1. The van der Waals surface area contributed by atoms with Crippen molar-refractivity contribution in [3.8, 4) is 0 Å². The van der Waals surface area contributed by atoms with Gasteiger partial charge in [0.1, 0.15) is 0 Å². The summed E-state index contributed by atoms with van der Waals surface area (Å²) in [7, 11) is 0. The lowest BCUT2D eigenvalue weighted by Gasteiger charge is -2.11. The van der Waals surface area contributed by atoms with Crippen molar-refractivity contribution in [3.05, 3.63) is 11.1 Å². The lowest BCUT2D eigenvalue weighted by molar-refractivity contribution is -0.115. The molecule has 0 fully saturated rings. The van der Waals surface area contributed by atoms with Gasteiger partial charge in [-0.1, -0.05) is 26.7 Å². The highest BCUT2D eigenvalue weighted by Gasteiger charge is 2.27.